The predicted molar refractivity (Wildman–Crippen MR) is 152 cm³/mol. The van der Waals surface area contributed by atoms with Crippen molar-refractivity contribution < 1.29 is 29.1 Å². The number of aryl methyl sites for hydroxylation is 1. The Bertz CT molecular complexity index is 1390. The molecule has 7 nitrogen and oxygen atoms in total. The molecule has 7 heteroatoms. The number of carbonyl (C=O) groups excluding carboxylic acids is 1. The molecule has 4 rings (SSSR count). The van der Waals surface area contributed by atoms with Crippen LogP contribution in [0.15, 0.2) is 114 Å². The monoisotopic (exact) mass is 540 g/mol. The number of hydrogen-bond donors (Lipinski definition) is 1. The van der Waals surface area contributed by atoms with Gasteiger partial charge in [-0.2, -0.15) is 0 Å². The highest BCUT2D eigenvalue weighted by Gasteiger charge is 2.42. The molecule has 0 aliphatic carbocycles. The third kappa shape index (κ3) is 7.40. The first-order chi connectivity index (χ1) is 19.5. The lowest BCUT2D eigenvalue weighted by molar-refractivity contribution is -0.763. The molecule has 0 amide bonds. The Morgan fingerprint density at radius 3 is 2.38 bits per heavy atom. The Labute approximate surface area is 234 Å². The number of allylic oxidation sites excluding steroid dienone is 4. The Kier molecular flexibility index (Phi) is 10.2. The van der Waals surface area contributed by atoms with E-state index in [-0.39, 0.29) is 23.8 Å². The molecule has 1 heterocycles. The number of Topliss-reactive ketones (excluding diaryl/α,β-unsaturated/α-hetero) is 1. The Morgan fingerprint density at radius 1 is 1.00 bits per heavy atom. The summed E-state index contributed by atoms with van der Waals surface area (Å²) in [6.45, 7) is 4.12. The molecule has 2 atom stereocenters. The first kappa shape index (κ1) is 28.7. The standard InChI is InChI=1S/C33H34NO6/c1-3-38-33(31(35)29-19-18-28(21-24(29)2)39-23-26-15-9-5-10-16-26)32(36)30-27(22-25-13-7-4-8-14-25)17-11-6-12-20-40-34(30)37/h4-19,21,31,33,35H,3,20,22-23H2,1-2H3/q+1/b12-6-,17-11+,30-27+/t31-,33+/m1/s1. The molecule has 0 aromatic heterocycles. The van der Waals surface area contributed by atoms with Gasteiger partial charge >= 0.3 is 5.70 Å². The number of ketones is 1. The van der Waals surface area contributed by atoms with Crippen LogP contribution >= 0.6 is 0 Å². The smallest absolute Gasteiger partial charge is 0.365 e. The maximum Gasteiger partial charge on any atom is 0.365 e. The number of aliphatic hydroxyl groups is 1. The summed E-state index contributed by atoms with van der Waals surface area (Å²) in [5.74, 6) is -0.0249. The van der Waals surface area contributed by atoms with Gasteiger partial charge in [-0.3, -0.25) is 4.79 Å². The third-order valence-electron chi connectivity index (χ3n) is 6.49. The molecule has 206 valence electrons. The van der Waals surface area contributed by atoms with Crippen LogP contribution in [0.1, 0.15) is 35.3 Å². The molecule has 3 aromatic carbocycles. The summed E-state index contributed by atoms with van der Waals surface area (Å²) in [6.07, 6.45) is 4.57. The van der Waals surface area contributed by atoms with Crippen LogP contribution in [0.5, 0.6) is 5.75 Å². The first-order valence-electron chi connectivity index (χ1n) is 13.3. The van der Waals surface area contributed by atoms with Gasteiger partial charge in [0.1, 0.15) is 18.5 Å². The zero-order chi connectivity index (χ0) is 28.3. The van der Waals surface area contributed by atoms with Crippen LogP contribution in [0.2, 0.25) is 0 Å². The minimum absolute atomic E-state index is 0.00531. The fourth-order valence-corrected chi connectivity index (χ4v) is 4.48. The highest BCUT2D eigenvalue weighted by atomic mass is 16.8. The highest BCUT2D eigenvalue weighted by molar-refractivity contribution is 5.98. The average Bonchev–Trinajstić information content (AvgIpc) is 3.05. The van der Waals surface area contributed by atoms with Crippen LogP contribution in [0.4, 0.5) is 0 Å². The van der Waals surface area contributed by atoms with Gasteiger partial charge in [-0.15, -0.1) is 0 Å². The number of nitrogens with zero attached hydrogens (tertiary/aromatic N) is 1. The van der Waals surface area contributed by atoms with Crippen LogP contribution in [-0.4, -0.2) is 35.1 Å². The van der Waals surface area contributed by atoms with Crippen LogP contribution in [0.3, 0.4) is 0 Å². The number of carbonyl (C=O) groups is 1. The summed E-state index contributed by atoms with van der Waals surface area (Å²) in [4.78, 5) is 32.7. The van der Waals surface area contributed by atoms with Crippen LogP contribution < -0.4 is 4.74 Å². The molecule has 1 aliphatic heterocycles. The topological polar surface area (TPSA) is 85.1 Å². The lowest BCUT2D eigenvalue weighted by Gasteiger charge is -2.23. The van der Waals surface area contributed by atoms with E-state index >= 15 is 0 Å². The zero-order valence-corrected chi connectivity index (χ0v) is 22.7. The number of aliphatic hydroxyl groups excluding tert-OH is 1. The largest absolute Gasteiger partial charge is 0.489 e. The fourth-order valence-electron chi connectivity index (χ4n) is 4.48. The van der Waals surface area contributed by atoms with Gasteiger partial charge in [0, 0.05) is 18.6 Å². The first-order valence-corrected chi connectivity index (χ1v) is 13.3. The van der Waals surface area contributed by atoms with Crippen LogP contribution in [-0.2, 0) is 27.4 Å². The highest BCUT2D eigenvalue weighted by Crippen LogP contribution is 2.30. The van der Waals surface area contributed by atoms with E-state index in [9.17, 15) is 14.8 Å². The third-order valence-corrected chi connectivity index (χ3v) is 6.49. The quantitative estimate of drug-likeness (QED) is 0.325. The molecule has 1 aliphatic rings. The van der Waals surface area contributed by atoms with Gasteiger partial charge in [-0.1, -0.05) is 85.0 Å². The summed E-state index contributed by atoms with van der Waals surface area (Å²) in [5.41, 5.74) is 3.43. The van der Waals surface area contributed by atoms with Crippen LogP contribution in [0.25, 0.3) is 0 Å². The maximum atomic E-state index is 14.0. The summed E-state index contributed by atoms with van der Waals surface area (Å²) >= 11 is 0. The minimum Gasteiger partial charge on any atom is -0.489 e. The van der Waals surface area contributed by atoms with Crippen molar-refractivity contribution in [2.75, 3.05) is 13.2 Å². The van der Waals surface area contributed by atoms with Crippen molar-refractivity contribution in [1.82, 2.24) is 0 Å². The van der Waals surface area contributed by atoms with E-state index in [1.807, 2.05) is 73.7 Å². The fraction of sp³-hybridized carbons (Fsp3) is 0.242. The molecule has 0 fully saturated rings. The molecule has 0 unspecified atom stereocenters. The second-order valence-corrected chi connectivity index (χ2v) is 9.35. The summed E-state index contributed by atoms with van der Waals surface area (Å²) in [5, 5.41) is 11.4. The van der Waals surface area contributed by atoms with Gasteiger partial charge in [0.25, 0.3) is 10.7 Å². The number of hydrogen-bond acceptors (Lipinski definition) is 6. The number of benzene rings is 3. The van der Waals surface area contributed by atoms with Crippen molar-refractivity contribution in [2.45, 2.75) is 39.1 Å². The van der Waals surface area contributed by atoms with E-state index < -0.39 is 18.0 Å². The molecule has 3 aromatic rings. The number of rotatable bonds is 11. The number of ether oxygens (including phenoxy) is 2. The Hall–Kier alpha value is -4.33. The summed E-state index contributed by atoms with van der Waals surface area (Å²) < 4.78 is 11.7. The second-order valence-electron chi connectivity index (χ2n) is 9.35. The van der Waals surface area contributed by atoms with Crippen LogP contribution in [0, 0.1) is 11.8 Å². The van der Waals surface area contributed by atoms with Gasteiger partial charge in [0.2, 0.25) is 0 Å². The zero-order valence-electron chi connectivity index (χ0n) is 22.7. The predicted octanol–water partition coefficient (Wildman–Crippen LogP) is 5.91. The molecular weight excluding hydrogens is 506 g/mol. The Balaban J connectivity index is 1.64. The van der Waals surface area contributed by atoms with E-state index in [4.69, 9.17) is 14.3 Å². The van der Waals surface area contributed by atoms with Crippen molar-refractivity contribution in [1.29, 1.82) is 0 Å². The maximum absolute atomic E-state index is 14.0. The van der Waals surface area contributed by atoms with Gasteiger partial charge in [-0.05, 0) is 54.3 Å². The lowest BCUT2D eigenvalue weighted by Crippen LogP contribution is -2.36. The van der Waals surface area contributed by atoms with Crippen molar-refractivity contribution >= 4 is 5.78 Å². The molecular formula is C33H34NO6+. The minimum atomic E-state index is -1.33. The SMILES string of the molecule is CCO[C@H](C(=O)/C1=C(Cc2ccccc2)/C=C/C=C\CO[N+]1=O)[C@H](O)c1ccc(OCc2ccccc2)cc1C. The molecule has 0 saturated carbocycles. The molecule has 0 spiro atoms. The van der Waals surface area contributed by atoms with E-state index in [1.54, 1.807) is 43.4 Å². The van der Waals surface area contributed by atoms with Crippen molar-refractivity contribution in [3.63, 3.8) is 0 Å². The molecule has 0 radical (unpaired) electrons. The normalized spacial score (nSPS) is 18.4. The lowest BCUT2D eigenvalue weighted by atomic mass is 9.93. The van der Waals surface area contributed by atoms with Gasteiger partial charge < -0.3 is 14.6 Å². The van der Waals surface area contributed by atoms with Gasteiger partial charge in [0.05, 0.1) is 4.91 Å². The van der Waals surface area contributed by atoms with Gasteiger partial charge in [0.15, 0.2) is 12.7 Å². The van der Waals surface area contributed by atoms with E-state index in [1.165, 1.54) is 0 Å². The summed E-state index contributed by atoms with van der Waals surface area (Å²) in [6, 6.07) is 24.6. The average molecular weight is 541 g/mol. The molecule has 0 saturated heterocycles. The molecule has 1 N–H and O–H groups in total. The summed E-state index contributed by atoms with van der Waals surface area (Å²) in [7, 11) is 0. The van der Waals surface area contributed by atoms with E-state index in [0.29, 0.717) is 29.9 Å². The van der Waals surface area contributed by atoms with Crippen molar-refractivity contribution in [3.8, 4) is 5.75 Å². The second kappa shape index (κ2) is 14.2. The van der Waals surface area contributed by atoms with E-state index in [2.05, 4.69) is 0 Å². The molecule has 0 bridgehead atoms. The van der Waals surface area contributed by atoms with Crippen molar-refractivity contribution in [2.24, 2.45) is 0 Å². The van der Waals surface area contributed by atoms with Gasteiger partial charge in [-0.25, -0.2) is 4.84 Å². The van der Waals surface area contributed by atoms with Crippen molar-refractivity contribution in [3.05, 3.63) is 142 Å². The molecule has 40 heavy (non-hydrogen) atoms. The van der Waals surface area contributed by atoms with E-state index in [0.717, 1.165) is 16.7 Å². The Morgan fingerprint density at radius 2 is 1.70 bits per heavy atom.